The van der Waals surface area contributed by atoms with Crippen molar-refractivity contribution < 1.29 is 9.53 Å². The van der Waals surface area contributed by atoms with Crippen LogP contribution >= 0.6 is 0 Å². The second-order valence-electron chi connectivity index (χ2n) is 4.64. The van der Waals surface area contributed by atoms with Crippen molar-refractivity contribution in [3.63, 3.8) is 0 Å². The van der Waals surface area contributed by atoms with Crippen LogP contribution in [0.2, 0.25) is 0 Å². The Balaban J connectivity index is 2.29. The number of nitrogens with two attached hydrogens (primary N) is 1. The van der Waals surface area contributed by atoms with Crippen molar-refractivity contribution in [3.05, 3.63) is 65.7 Å². The number of carbonyl (C=O) groups excluding carboxylic acids is 1. The highest BCUT2D eigenvalue weighted by atomic mass is 16.5. The molecule has 0 saturated carbocycles. The molecular weight excluding hydrogens is 250 g/mol. The Bertz CT molecular complexity index is 549. The third-order valence-electron chi connectivity index (χ3n) is 3.22. The van der Waals surface area contributed by atoms with Crippen molar-refractivity contribution in [1.82, 2.24) is 0 Å². The largest absolute Gasteiger partial charge is 0.466 e. The first kappa shape index (κ1) is 14.1. The fourth-order valence-electron chi connectivity index (χ4n) is 2.23. The highest BCUT2D eigenvalue weighted by Crippen LogP contribution is 2.28. The molecule has 20 heavy (non-hydrogen) atoms. The van der Waals surface area contributed by atoms with E-state index in [4.69, 9.17) is 10.5 Å². The predicted octanol–water partition coefficient (Wildman–Crippen LogP) is 3.35. The lowest BCUT2D eigenvalue weighted by molar-refractivity contribution is -0.143. The van der Waals surface area contributed by atoms with Crippen LogP contribution in [-0.4, -0.2) is 12.6 Å². The molecule has 0 fully saturated rings. The van der Waals surface area contributed by atoms with E-state index in [9.17, 15) is 4.79 Å². The molecule has 0 bridgehead atoms. The van der Waals surface area contributed by atoms with Crippen molar-refractivity contribution in [1.29, 1.82) is 0 Å². The van der Waals surface area contributed by atoms with Gasteiger partial charge in [-0.2, -0.15) is 0 Å². The molecule has 104 valence electrons. The molecule has 0 radical (unpaired) electrons. The number of esters is 1. The summed E-state index contributed by atoms with van der Waals surface area (Å²) in [7, 11) is 0. The van der Waals surface area contributed by atoms with Crippen LogP contribution < -0.4 is 5.73 Å². The van der Waals surface area contributed by atoms with Crippen LogP contribution in [0.1, 0.15) is 30.4 Å². The quantitative estimate of drug-likeness (QED) is 0.669. The number of anilines is 1. The molecule has 2 N–H and O–H groups in total. The fraction of sp³-hybridized carbons (Fsp3) is 0.235. The van der Waals surface area contributed by atoms with E-state index in [-0.39, 0.29) is 11.9 Å². The zero-order valence-electron chi connectivity index (χ0n) is 11.6. The summed E-state index contributed by atoms with van der Waals surface area (Å²) >= 11 is 0. The molecule has 2 aromatic rings. The standard InChI is InChI=1S/C17H19NO2/c1-2-20-17(19)12-16(13-6-4-3-5-7-13)14-8-10-15(18)11-9-14/h3-11,16H,2,12,18H2,1H3/t16-/m1/s1. The zero-order valence-corrected chi connectivity index (χ0v) is 11.6. The van der Waals surface area contributed by atoms with E-state index >= 15 is 0 Å². The summed E-state index contributed by atoms with van der Waals surface area (Å²) in [5, 5.41) is 0. The molecule has 0 saturated heterocycles. The van der Waals surface area contributed by atoms with Crippen molar-refractivity contribution in [2.45, 2.75) is 19.3 Å². The maximum absolute atomic E-state index is 11.8. The van der Waals surface area contributed by atoms with Crippen molar-refractivity contribution in [3.8, 4) is 0 Å². The molecule has 0 unspecified atom stereocenters. The summed E-state index contributed by atoms with van der Waals surface area (Å²) in [6.45, 7) is 2.22. The first-order chi connectivity index (χ1) is 9.70. The molecule has 0 aromatic heterocycles. The van der Waals surface area contributed by atoms with Gasteiger partial charge < -0.3 is 10.5 Å². The Kier molecular flexibility index (Phi) is 4.77. The molecular formula is C17H19NO2. The van der Waals surface area contributed by atoms with Gasteiger partial charge in [0, 0.05) is 11.6 Å². The molecule has 1 atom stereocenters. The van der Waals surface area contributed by atoms with Crippen LogP contribution in [0.3, 0.4) is 0 Å². The molecule has 0 heterocycles. The molecule has 3 nitrogen and oxygen atoms in total. The van der Waals surface area contributed by atoms with Crippen LogP contribution in [0, 0.1) is 0 Å². The number of benzene rings is 2. The number of nitrogen functional groups attached to an aromatic ring is 1. The normalized spacial score (nSPS) is 11.8. The van der Waals surface area contributed by atoms with Gasteiger partial charge in [0.25, 0.3) is 0 Å². The second-order valence-corrected chi connectivity index (χ2v) is 4.64. The third kappa shape index (κ3) is 3.60. The molecule has 2 rings (SSSR count). The van der Waals surface area contributed by atoms with Crippen molar-refractivity contribution in [2.75, 3.05) is 12.3 Å². The Labute approximate surface area is 119 Å². The van der Waals surface area contributed by atoms with Crippen LogP contribution in [0.4, 0.5) is 5.69 Å². The molecule has 0 spiro atoms. The molecule has 0 aliphatic heterocycles. The number of hydrogen-bond acceptors (Lipinski definition) is 3. The first-order valence-corrected chi connectivity index (χ1v) is 6.76. The first-order valence-electron chi connectivity index (χ1n) is 6.76. The molecule has 0 amide bonds. The monoisotopic (exact) mass is 269 g/mol. The topological polar surface area (TPSA) is 52.3 Å². The van der Waals surface area contributed by atoms with E-state index in [1.165, 1.54) is 0 Å². The van der Waals surface area contributed by atoms with Crippen LogP contribution in [-0.2, 0) is 9.53 Å². The van der Waals surface area contributed by atoms with Gasteiger partial charge in [0.2, 0.25) is 0 Å². The number of rotatable bonds is 5. The Morgan fingerprint density at radius 3 is 2.25 bits per heavy atom. The smallest absolute Gasteiger partial charge is 0.306 e. The van der Waals surface area contributed by atoms with Gasteiger partial charge in [0.15, 0.2) is 0 Å². The lowest BCUT2D eigenvalue weighted by Gasteiger charge is -2.17. The van der Waals surface area contributed by atoms with Gasteiger partial charge in [0.05, 0.1) is 13.0 Å². The molecule has 0 aliphatic rings. The van der Waals surface area contributed by atoms with Crippen LogP contribution in [0.5, 0.6) is 0 Å². The lowest BCUT2D eigenvalue weighted by Crippen LogP contribution is -2.11. The van der Waals surface area contributed by atoms with E-state index < -0.39 is 0 Å². The lowest BCUT2D eigenvalue weighted by atomic mass is 9.88. The Morgan fingerprint density at radius 2 is 1.65 bits per heavy atom. The van der Waals surface area contributed by atoms with Crippen molar-refractivity contribution >= 4 is 11.7 Å². The summed E-state index contributed by atoms with van der Waals surface area (Å²) in [5.41, 5.74) is 8.61. The average Bonchev–Trinajstić information content (AvgIpc) is 2.47. The van der Waals surface area contributed by atoms with Crippen LogP contribution in [0.25, 0.3) is 0 Å². The van der Waals surface area contributed by atoms with E-state index in [2.05, 4.69) is 0 Å². The SMILES string of the molecule is CCOC(=O)C[C@H](c1ccccc1)c1ccc(N)cc1. The van der Waals surface area contributed by atoms with Crippen molar-refractivity contribution in [2.24, 2.45) is 0 Å². The minimum Gasteiger partial charge on any atom is -0.466 e. The van der Waals surface area contributed by atoms with Gasteiger partial charge in [-0.1, -0.05) is 42.5 Å². The number of ether oxygens (including phenoxy) is 1. The Hall–Kier alpha value is -2.29. The minimum absolute atomic E-state index is 0.00384. The maximum atomic E-state index is 11.8. The maximum Gasteiger partial charge on any atom is 0.306 e. The summed E-state index contributed by atoms with van der Waals surface area (Å²) in [6.07, 6.45) is 0.335. The van der Waals surface area contributed by atoms with Gasteiger partial charge in [-0.05, 0) is 30.2 Å². The van der Waals surface area contributed by atoms with Crippen LogP contribution in [0.15, 0.2) is 54.6 Å². The summed E-state index contributed by atoms with van der Waals surface area (Å²) in [4.78, 5) is 11.8. The minimum atomic E-state index is -0.182. The Morgan fingerprint density at radius 1 is 1.05 bits per heavy atom. The molecule has 2 aromatic carbocycles. The summed E-state index contributed by atoms with van der Waals surface area (Å²) in [6, 6.07) is 17.6. The molecule has 3 heteroatoms. The number of hydrogen-bond donors (Lipinski definition) is 1. The fourth-order valence-corrected chi connectivity index (χ4v) is 2.23. The summed E-state index contributed by atoms with van der Waals surface area (Å²) in [5.74, 6) is -0.186. The second kappa shape index (κ2) is 6.75. The zero-order chi connectivity index (χ0) is 14.4. The van der Waals surface area contributed by atoms with Gasteiger partial charge in [-0.25, -0.2) is 0 Å². The highest BCUT2D eigenvalue weighted by Gasteiger charge is 2.18. The highest BCUT2D eigenvalue weighted by molar-refractivity contribution is 5.71. The predicted molar refractivity (Wildman–Crippen MR) is 80.4 cm³/mol. The van der Waals surface area contributed by atoms with E-state index in [0.29, 0.717) is 13.0 Å². The van der Waals surface area contributed by atoms with Gasteiger partial charge in [-0.15, -0.1) is 0 Å². The van der Waals surface area contributed by atoms with E-state index in [1.54, 1.807) is 0 Å². The van der Waals surface area contributed by atoms with Gasteiger partial charge >= 0.3 is 5.97 Å². The van der Waals surface area contributed by atoms with E-state index in [0.717, 1.165) is 16.8 Å². The number of carbonyl (C=O) groups is 1. The molecule has 0 aliphatic carbocycles. The summed E-state index contributed by atoms with van der Waals surface area (Å²) < 4.78 is 5.08. The van der Waals surface area contributed by atoms with Gasteiger partial charge in [0.1, 0.15) is 0 Å². The third-order valence-corrected chi connectivity index (χ3v) is 3.22. The van der Waals surface area contributed by atoms with E-state index in [1.807, 2.05) is 61.5 Å². The van der Waals surface area contributed by atoms with Gasteiger partial charge in [-0.3, -0.25) is 4.79 Å². The average molecular weight is 269 g/mol.